The largest absolute Gasteiger partial charge is 0.352 e. The van der Waals surface area contributed by atoms with Crippen molar-refractivity contribution >= 4 is 16.9 Å². The number of hydrogen-bond acceptors (Lipinski definition) is 2. The molecule has 4 nitrogen and oxygen atoms in total. The van der Waals surface area contributed by atoms with Gasteiger partial charge in [-0.25, -0.2) is 9.37 Å². The molecule has 0 saturated carbocycles. The summed E-state index contributed by atoms with van der Waals surface area (Å²) in [4.78, 5) is 17.0. The quantitative estimate of drug-likeness (QED) is 0.329. The van der Waals surface area contributed by atoms with E-state index in [9.17, 15) is 9.18 Å². The van der Waals surface area contributed by atoms with Gasteiger partial charge in [-0.2, -0.15) is 0 Å². The van der Waals surface area contributed by atoms with E-state index in [2.05, 4.69) is 41.1 Å². The zero-order valence-corrected chi connectivity index (χ0v) is 18.6. The molecule has 1 heterocycles. The predicted octanol–water partition coefficient (Wildman–Crippen LogP) is 6.29. The van der Waals surface area contributed by atoms with Crippen LogP contribution in [0.5, 0.6) is 0 Å². The molecule has 0 unspecified atom stereocenters. The lowest BCUT2D eigenvalue weighted by atomic mass is 10.1. The van der Waals surface area contributed by atoms with Gasteiger partial charge in [0.05, 0.1) is 11.0 Å². The highest BCUT2D eigenvalue weighted by Gasteiger charge is 2.10. The van der Waals surface area contributed by atoms with Crippen LogP contribution in [0.4, 0.5) is 4.39 Å². The van der Waals surface area contributed by atoms with Gasteiger partial charge in [0, 0.05) is 25.1 Å². The molecule has 0 fully saturated rings. The third kappa shape index (κ3) is 6.91. The van der Waals surface area contributed by atoms with Gasteiger partial charge in [-0.1, -0.05) is 51.2 Å². The monoisotopic (exact) mass is 423 g/mol. The molecule has 5 heteroatoms. The fraction of sp³-hybridized carbons (Fsp3) is 0.462. The minimum Gasteiger partial charge on any atom is -0.352 e. The Bertz CT molecular complexity index is 949. The van der Waals surface area contributed by atoms with Crippen molar-refractivity contribution in [3.05, 3.63) is 65.7 Å². The minimum atomic E-state index is -0.330. The molecule has 0 aliphatic heterocycles. The van der Waals surface area contributed by atoms with Crippen molar-refractivity contribution in [2.24, 2.45) is 0 Å². The van der Waals surface area contributed by atoms with Crippen LogP contribution >= 0.6 is 0 Å². The SMILES string of the molecule is CCCCCCCn1c(CCCCCNC(=O)c2ccc(F)cc2)nc2ccccc21. The number of halogens is 1. The van der Waals surface area contributed by atoms with Crippen molar-refractivity contribution in [2.45, 2.75) is 71.3 Å². The van der Waals surface area contributed by atoms with Gasteiger partial charge in [-0.3, -0.25) is 4.79 Å². The number of aryl methyl sites for hydroxylation is 2. The Morgan fingerprint density at radius 1 is 0.935 bits per heavy atom. The molecule has 31 heavy (non-hydrogen) atoms. The Labute approximate surface area is 184 Å². The van der Waals surface area contributed by atoms with Crippen molar-refractivity contribution < 1.29 is 9.18 Å². The maximum atomic E-state index is 13.0. The van der Waals surface area contributed by atoms with E-state index >= 15 is 0 Å². The summed E-state index contributed by atoms with van der Waals surface area (Å²) in [6, 6.07) is 14.0. The minimum absolute atomic E-state index is 0.148. The number of para-hydroxylation sites is 2. The summed E-state index contributed by atoms with van der Waals surface area (Å²) in [5, 5.41) is 2.91. The maximum Gasteiger partial charge on any atom is 0.251 e. The van der Waals surface area contributed by atoms with Gasteiger partial charge < -0.3 is 9.88 Å². The van der Waals surface area contributed by atoms with Crippen LogP contribution in [-0.4, -0.2) is 22.0 Å². The Hall–Kier alpha value is -2.69. The molecule has 0 radical (unpaired) electrons. The number of unbranched alkanes of at least 4 members (excludes halogenated alkanes) is 6. The second-order valence-corrected chi connectivity index (χ2v) is 8.16. The fourth-order valence-electron chi connectivity index (χ4n) is 3.93. The molecule has 3 rings (SSSR count). The van der Waals surface area contributed by atoms with Crippen LogP contribution < -0.4 is 5.32 Å². The number of carbonyl (C=O) groups excluding carboxylic acids is 1. The summed E-state index contributed by atoms with van der Waals surface area (Å²) in [6.07, 6.45) is 10.3. The first-order valence-electron chi connectivity index (χ1n) is 11.7. The first-order chi connectivity index (χ1) is 15.2. The Morgan fingerprint density at radius 3 is 2.48 bits per heavy atom. The fourth-order valence-corrected chi connectivity index (χ4v) is 3.93. The molecule has 3 aromatic rings. The van der Waals surface area contributed by atoms with Gasteiger partial charge in [-0.15, -0.1) is 0 Å². The molecule has 0 saturated heterocycles. The number of imidazole rings is 1. The van der Waals surface area contributed by atoms with Crippen LogP contribution in [0.3, 0.4) is 0 Å². The number of nitrogens with zero attached hydrogens (tertiary/aromatic N) is 2. The van der Waals surface area contributed by atoms with Crippen molar-refractivity contribution in [2.75, 3.05) is 6.54 Å². The zero-order valence-electron chi connectivity index (χ0n) is 18.6. The van der Waals surface area contributed by atoms with E-state index in [0.29, 0.717) is 12.1 Å². The van der Waals surface area contributed by atoms with E-state index in [1.54, 1.807) is 0 Å². The van der Waals surface area contributed by atoms with Gasteiger partial charge in [0.2, 0.25) is 0 Å². The summed E-state index contributed by atoms with van der Waals surface area (Å²) in [5.74, 6) is 0.695. The highest BCUT2D eigenvalue weighted by Crippen LogP contribution is 2.19. The number of hydrogen-bond donors (Lipinski definition) is 1. The van der Waals surface area contributed by atoms with Gasteiger partial charge in [0.25, 0.3) is 5.91 Å². The lowest BCUT2D eigenvalue weighted by molar-refractivity contribution is 0.0953. The number of aromatic nitrogens is 2. The summed E-state index contributed by atoms with van der Waals surface area (Å²) in [7, 11) is 0. The Morgan fingerprint density at radius 2 is 1.68 bits per heavy atom. The van der Waals surface area contributed by atoms with Crippen LogP contribution in [0, 0.1) is 5.82 Å². The van der Waals surface area contributed by atoms with Crippen LogP contribution in [0.15, 0.2) is 48.5 Å². The molecule has 2 aromatic carbocycles. The second-order valence-electron chi connectivity index (χ2n) is 8.16. The molecule has 166 valence electrons. The molecule has 0 spiro atoms. The van der Waals surface area contributed by atoms with Crippen LogP contribution in [-0.2, 0) is 13.0 Å². The second kappa shape index (κ2) is 12.2. The summed E-state index contributed by atoms with van der Waals surface area (Å²) < 4.78 is 15.4. The molecule has 1 aromatic heterocycles. The summed E-state index contributed by atoms with van der Waals surface area (Å²) in [5.41, 5.74) is 2.81. The summed E-state index contributed by atoms with van der Waals surface area (Å²) in [6.45, 7) is 3.91. The van der Waals surface area contributed by atoms with E-state index in [4.69, 9.17) is 4.98 Å². The van der Waals surface area contributed by atoms with E-state index in [-0.39, 0.29) is 11.7 Å². The molecule has 1 amide bonds. The number of fused-ring (bicyclic) bond motifs is 1. The smallest absolute Gasteiger partial charge is 0.251 e. The first-order valence-corrected chi connectivity index (χ1v) is 11.7. The van der Waals surface area contributed by atoms with E-state index in [0.717, 1.165) is 37.7 Å². The Balaban J connectivity index is 1.44. The van der Waals surface area contributed by atoms with E-state index in [1.165, 1.54) is 67.7 Å². The average Bonchev–Trinajstić information content (AvgIpc) is 3.13. The third-order valence-corrected chi connectivity index (χ3v) is 5.69. The van der Waals surface area contributed by atoms with E-state index < -0.39 is 0 Å². The zero-order chi connectivity index (χ0) is 21.9. The normalized spacial score (nSPS) is 11.2. The topological polar surface area (TPSA) is 46.9 Å². The molecule has 1 N–H and O–H groups in total. The number of benzene rings is 2. The molecular formula is C26H34FN3O. The average molecular weight is 424 g/mol. The number of nitrogens with one attached hydrogen (secondary N) is 1. The lowest BCUT2D eigenvalue weighted by Crippen LogP contribution is -2.24. The number of amides is 1. The van der Waals surface area contributed by atoms with Crippen molar-refractivity contribution in [3.63, 3.8) is 0 Å². The van der Waals surface area contributed by atoms with Crippen LogP contribution in [0.1, 0.15) is 74.5 Å². The van der Waals surface area contributed by atoms with Crippen molar-refractivity contribution in [3.8, 4) is 0 Å². The Kier molecular flexibility index (Phi) is 9.07. The molecule has 0 aliphatic rings. The highest BCUT2D eigenvalue weighted by atomic mass is 19.1. The van der Waals surface area contributed by atoms with Gasteiger partial charge in [-0.05, 0) is 55.7 Å². The summed E-state index contributed by atoms with van der Waals surface area (Å²) >= 11 is 0. The predicted molar refractivity (Wildman–Crippen MR) is 125 cm³/mol. The number of carbonyl (C=O) groups is 1. The number of rotatable bonds is 13. The first kappa shape index (κ1) is 23.0. The standard InChI is InChI=1S/C26H34FN3O/c1-2-3-4-5-11-20-30-24-13-9-8-12-23(24)29-25(30)14-7-6-10-19-28-26(31)21-15-17-22(27)18-16-21/h8-9,12-13,15-18H,2-7,10-11,14,19-20H2,1H3,(H,28,31). The van der Waals surface area contributed by atoms with E-state index in [1.807, 2.05) is 0 Å². The van der Waals surface area contributed by atoms with Crippen molar-refractivity contribution in [1.82, 2.24) is 14.9 Å². The van der Waals surface area contributed by atoms with Crippen LogP contribution in [0.25, 0.3) is 11.0 Å². The van der Waals surface area contributed by atoms with Gasteiger partial charge in [0.1, 0.15) is 11.6 Å². The molecular weight excluding hydrogens is 389 g/mol. The molecule has 0 bridgehead atoms. The molecule has 0 atom stereocenters. The molecule has 0 aliphatic carbocycles. The highest BCUT2D eigenvalue weighted by molar-refractivity contribution is 5.94. The van der Waals surface area contributed by atoms with Gasteiger partial charge >= 0.3 is 0 Å². The van der Waals surface area contributed by atoms with Gasteiger partial charge in [0.15, 0.2) is 0 Å². The lowest BCUT2D eigenvalue weighted by Gasteiger charge is -2.10. The third-order valence-electron chi connectivity index (χ3n) is 5.69. The maximum absolute atomic E-state index is 13.0. The van der Waals surface area contributed by atoms with Crippen molar-refractivity contribution in [1.29, 1.82) is 0 Å². The van der Waals surface area contributed by atoms with Crippen LogP contribution in [0.2, 0.25) is 0 Å².